The van der Waals surface area contributed by atoms with Crippen molar-refractivity contribution in [1.29, 1.82) is 0 Å². The van der Waals surface area contributed by atoms with Crippen molar-refractivity contribution in [2.24, 2.45) is 0 Å². The zero-order chi connectivity index (χ0) is 21.3. The third-order valence-corrected chi connectivity index (χ3v) is 7.45. The number of alkyl halides is 1. The van der Waals surface area contributed by atoms with E-state index >= 15 is 0 Å². The molecule has 0 amide bonds. The summed E-state index contributed by atoms with van der Waals surface area (Å²) in [7, 11) is -16.4. The Morgan fingerprint density at radius 2 is 1.86 bits per heavy atom. The highest BCUT2D eigenvalue weighted by Gasteiger charge is 2.42. The fraction of sp³-hybridized carbons (Fsp3) is 0.556. The van der Waals surface area contributed by atoms with Crippen LogP contribution in [-0.4, -0.2) is 48.0 Å². The maximum atomic E-state index is 14.2. The van der Waals surface area contributed by atoms with Crippen molar-refractivity contribution >= 4 is 47.9 Å². The van der Waals surface area contributed by atoms with Crippen LogP contribution in [0.5, 0.6) is 0 Å². The number of hydrogen-bond donors (Lipinski definition) is 5. The molecule has 2 heterocycles. The molecule has 1 saturated heterocycles. The highest BCUT2D eigenvalue weighted by Crippen LogP contribution is 2.66. The second kappa shape index (κ2) is 8.90. The molecule has 1 aliphatic rings. The Bertz CT molecular complexity index is 979. The summed E-state index contributed by atoms with van der Waals surface area (Å²) < 4.78 is 66.2. The van der Waals surface area contributed by atoms with Gasteiger partial charge in [0.05, 0.1) is 12.7 Å². The molecule has 1 aromatic heterocycles. The summed E-state index contributed by atoms with van der Waals surface area (Å²) >= 11 is 9.90. The van der Waals surface area contributed by atoms with Gasteiger partial charge in [0.15, 0.2) is 11.0 Å². The molecule has 19 heteroatoms. The maximum Gasteiger partial charge on any atom is 0.490 e. The molecule has 2 rings (SSSR count). The number of aromatic nitrogens is 2. The summed E-state index contributed by atoms with van der Waals surface area (Å²) in [6.07, 6.45) is -2.73. The number of phosphoric ester groups is 1. The fourth-order valence-corrected chi connectivity index (χ4v) is 5.71. The average Bonchev–Trinajstić information content (AvgIpc) is 2.82. The minimum absolute atomic E-state index is 0.0775. The van der Waals surface area contributed by atoms with E-state index in [9.17, 15) is 23.0 Å². The minimum atomic E-state index is -5.63. The predicted octanol–water partition coefficient (Wildman–Crippen LogP) is 2.24. The normalized spacial score (nSPS) is 27.2. The van der Waals surface area contributed by atoms with Crippen molar-refractivity contribution in [3.8, 4) is 0 Å². The van der Waals surface area contributed by atoms with E-state index in [1.54, 1.807) is 0 Å². The van der Waals surface area contributed by atoms with Crippen LogP contribution in [0.3, 0.4) is 0 Å². The summed E-state index contributed by atoms with van der Waals surface area (Å²) in [5, 5.41) is 0. The van der Waals surface area contributed by atoms with Gasteiger partial charge in [-0.05, 0) is 18.3 Å². The number of phosphoric acid groups is 3. The Kier molecular flexibility index (Phi) is 7.66. The second-order valence-corrected chi connectivity index (χ2v) is 10.6. The Labute approximate surface area is 166 Å². The molecule has 5 atom stereocenters. The van der Waals surface area contributed by atoms with Gasteiger partial charge in [0.1, 0.15) is 10.8 Å². The van der Waals surface area contributed by atoms with Crippen LogP contribution in [0.2, 0.25) is 0 Å². The van der Waals surface area contributed by atoms with E-state index in [2.05, 4.69) is 18.1 Å². The number of nitrogens with one attached hydrogen (secondary N) is 1. The first-order chi connectivity index (χ1) is 12.7. The maximum absolute atomic E-state index is 14.2. The van der Waals surface area contributed by atoms with E-state index in [1.807, 2.05) is 0 Å². The average molecular weight is 502 g/mol. The van der Waals surface area contributed by atoms with Gasteiger partial charge in [-0.25, -0.2) is 18.1 Å². The monoisotopic (exact) mass is 502 g/mol. The SMILES string of the molecule is O=P(O)(O)OP(=O)(O)OP(=O)(O)OCC1CC(F)C(n2ccc(=S)[nH]c2=S)O1. The Hall–Kier alpha value is -0.180. The van der Waals surface area contributed by atoms with Crippen LogP contribution in [-0.2, 0) is 31.6 Å². The number of H-pyrrole nitrogens is 1. The van der Waals surface area contributed by atoms with Crippen molar-refractivity contribution in [2.75, 3.05) is 6.61 Å². The lowest BCUT2D eigenvalue weighted by Crippen LogP contribution is -2.19. The summed E-state index contributed by atoms with van der Waals surface area (Å²) in [6.45, 7) is -0.753. The van der Waals surface area contributed by atoms with E-state index in [0.29, 0.717) is 4.64 Å². The first-order valence-corrected chi connectivity index (χ1v) is 12.4. The van der Waals surface area contributed by atoms with Gasteiger partial charge in [0.2, 0.25) is 0 Å². The van der Waals surface area contributed by atoms with Crippen LogP contribution in [0.1, 0.15) is 12.6 Å². The molecular weight excluding hydrogens is 488 g/mol. The van der Waals surface area contributed by atoms with Gasteiger partial charge >= 0.3 is 23.5 Å². The lowest BCUT2D eigenvalue weighted by molar-refractivity contribution is -0.0379. The first kappa shape index (κ1) is 24.1. The first-order valence-electron chi connectivity index (χ1n) is 7.07. The molecular formula is C9H14FN2O11P3S2. The topological polar surface area (TPSA) is 190 Å². The summed E-state index contributed by atoms with van der Waals surface area (Å²) in [5.74, 6) is 0. The molecule has 0 radical (unpaired) electrons. The molecule has 0 spiro atoms. The smallest absolute Gasteiger partial charge is 0.349 e. The number of aromatic amines is 1. The Balaban J connectivity index is 1.98. The van der Waals surface area contributed by atoms with Crippen LogP contribution < -0.4 is 0 Å². The minimum Gasteiger partial charge on any atom is -0.349 e. The van der Waals surface area contributed by atoms with Gasteiger partial charge in [-0.3, -0.25) is 9.09 Å². The summed E-state index contributed by atoms with van der Waals surface area (Å²) in [6, 6.07) is 1.45. The van der Waals surface area contributed by atoms with Gasteiger partial charge < -0.3 is 29.3 Å². The third-order valence-electron chi connectivity index (χ3n) is 3.09. The molecule has 13 nitrogen and oxygen atoms in total. The molecule has 28 heavy (non-hydrogen) atoms. The van der Waals surface area contributed by atoms with Gasteiger partial charge in [0.25, 0.3) is 0 Å². The van der Waals surface area contributed by atoms with Crippen molar-refractivity contribution in [1.82, 2.24) is 9.55 Å². The van der Waals surface area contributed by atoms with Crippen LogP contribution >= 0.6 is 47.9 Å². The third kappa shape index (κ3) is 7.26. The molecule has 0 bridgehead atoms. The molecule has 160 valence electrons. The molecule has 0 aromatic carbocycles. The lowest BCUT2D eigenvalue weighted by Gasteiger charge is -2.19. The quantitative estimate of drug-likeness (QED) is 0.257. The summed E-state index contributed by atoms with van der Waals surface area (Å²) in [4.78, 5) is 37.9. The van der Waals surface area contributed by atoms with Crippen molar-refractivity contribution < 1.29 is 55.5 Å². The van der Waals surface area contributed by atoms with Crippen molar-refractivity contribution in [3.05, 3.63) is 21.7 Å². The molecule has 5 unspecified atom stereocenters. The number of rotatable bonds is 8. The molecule has 0 aliphatic carbocycles. The second-order valence-electron chi connectivity index (χ2n) is 5.30. The van der Waals surface area contributed by atoms with E-state index in [-0.39, 0.29) is 11.2 Å². The zero-order valence-electron chi connectivity index (χ0n) is 13.4. The van der Waals surface area contributed by atoms with Crippen LogP contribution in [0.4, 0.5) is 4.39 Å². The Morgan fingerprint density at radius 1 is 1.21 bits per heavy atom. The summed E-state index contributed by atoms with van der Waals surface area (Å²) in [5.41, 5.74) is 0. The molecule has 0 saturated carbocycles. The lowest BCUT2D eigenvalue weighted by atomic mass is 10.2. The Morgan fingerprint density at radius 3 is 2.43 bits per heavy atom. The van der Waals surface area contributed by atoms with E-state index in [4.69, 9.17) is 43.9 Å². The zero-order valence-corrected chi connectivity index (χ0v) is 17.7. The van der Waals surface area contributed by atoms with E-state index in [0.717, 1.165) is 0 Å². The molecule has 5 N–H and O–H groups in total. The number of hydrogen-bond acceptors (Lipinski definition) is 9. The van der Waals surface area contributed by atoms with Crippen molar-refractivity contribution in [2.45, 2.75) is 24.9 Å². The van der Waals surface area contributed by atoms with Crippen LogP contribution in [0, 0.1) is 9.41 Å². The van der Waals surface area contributed by atoms with Crippen LogP contribution in [0.25, 0.3) is 0 Å². The number of ether oxygens (including phenoxy) is 1. The van der Waals surface area contributed by atoms with Gasteiger partial charge in [-0.2, -0.15) is 8.62 Å². The fourth-order valence-electron chi connectivity index (χ4n) is 2.16. The van der Waals surface area contributed by atoms with Crippen LogP contribution in [0.15, 0.2) is 12.3 Å². The highest BCUT2D eigenvalue weighted by atomic mass is 32.1. The standard InChI is InChI=1S/C9H14FN2O11P3S2/c10-6-3-5(21-8(6)12-2-1-7(27)11-9(12)28)4-20-25(16,17)23-26(18,19)22-24(13,14)15/h1-2,5-6,8H,3-4H2,(H,16,17)(H,18,19)(H,11,27,28)(H2,13,14,15). The molecule has 1 aliphatic heterocycles. The largest absolute Gasteiger partial charge is 0.490 e. The van der Waals surface area contributed by atoms with E-state index < -0.39 is 48.6 Å². The van der Waals surface area contributed by atoms with Gasteiger partial charge in [0, 0.05) is 12.6 Å². The predicted molar refractivity (Wildman–Crippen MR) is 93.7 cm³/mol. The van der Waals surface area contributed by atoms with Gasteiger partial charge in [-0.15, -0.1) is 0 Å². The highest BCUT2D eigenvalue weighted by molar-refractivity contribution is 7.72. The van der Waals surface area contributed by atoms with E-state index in [1.165, 1.54) is 16.8 Å². The molecule has 1 aromatic rings. The molecule has 1 fully saturated rings. The number of nitrogens with zero attached hydrogens (tertiary/aromatic N) is 1. The number of halogens is 1. The van der Waals surface area contributed by atoms with Gasteiger partial charge in [-0.1, -0.05) is 12.2 Å². The van der Waals surface area contributed by atoms with Crippen molar-refractivity contribution in [3.63, 3.8) is 0 Å².